The first kappa shape index (κ1) is 25.5. The zero-order chi connectivity index (χ0) is 27.4. The van der Waals surface area contributed by atoms with Crippen LogP contribution in [-0.4, -0.2) is 68.0 Å². The van der Waals surface area contributed by atoms with Crippen molar-refractivity contribution < 1.29 is 15.0 Å². The van der Waals surface area contributed by atoms with Crippen LogP contribution in [0.15, 0.2) is 58.1 Å². The molecule has 0 radical (unpaired) electrons. The monoisotopic (exact) mass is 548 g/mol. The number of hydrogen-bond donors (Lipinski definition) is 2. The van der Waals surface area contributed by atoms with E-state index in [0.717, 1.165) is 35.7 Å². The van der Waals surface area contributed by atoms with Crippen LogP contribution >= 0.6 is 11.6 Å². The summed E-state index contributed by atoms with van der Waals surface area (Å²) >= 11 is 6.87. The van der Waals surface area contributed by atoms with Gasteiger partial charge in [0.15, 0.2) is 0 Å². The van der Waals surface area contributed by atoms with Crippen LogP contribution in [0, 0.1) is 5.92 Å². The second kappa shape index (κ2) is 9.73. The van der Waals surface area contributed by atoms with Gasteiger partial charge in [0.2, 0.25) is 0 Å². The largest absolute Gasteiger partial charge is 0.508 e. The second-order valence-corrected chi connectivity index (χ2v) is 11.1. The quantitative estimate of drug-likeness (QED) is 0.364. The number of carbonyl (C=O) groups is 1. The minimum atomic E-state index is -0.995. The highest BCUT2D eigenvalue weighted by molar-refractivity contribution is 6.34. The third-order valence-electron chi connectivity index (χ3n) is 8.19. The van der Waals surface area contributed by atoms with E-state index < -0.39 is 17.2 Å². The van der Waals surface area contributed by atoms with Crippen molar-refractivity contribution >= 4 is 39.5 Å². The number of rotatable bonds is 5. The molecule has 1 unspecified atom stereocenters. The maximum atomic E-state index is 13.6. The van der Waals surface area contributed by atoms with Gasteiger partial charge in [-0.2, -0.15) is 0 Å². The van der Waals surface area contributed by atoms with Crippen LogP contribution in [0.1, 0.15) is 12.8 Å². The minimum absolute atomic E-state index is 0.0771. The molecule has 6 rings (SSSR count). The van der Waals surface area contributed by atoms with Gasteiger partial charge in [-0.15, -0.1) is 0 Å². The minimum Gasteiger partial charge on any atom is -0.508 e. The highest BCUT2D eigenvalue weighted by Crippen LogP contribution is 2.38. The van der Waals surface area contributed by atoms with Crippen LogP contribution in [-0.2, 0) is 13.1 Å². The Labute approximate surface area is 229 Å². The molecule has 1 atom stereocenters. The van der Waals surface area contributed by atoms with Crippen molar-refractivity contribution in [2.45, 2.75) is 32.0 Å². The molecule has 4 aromatic rings. The summed E-state index contributed by atoms with van der Waals surface area (Å²) in [6, 6.07) is 14.7. The molecule has 0 aliphatic carbocycles. The van der Waals surface area contributed by atoms with E-state index in [1.807, 2.05) is 37.4 Å². The Kier molecular flexibility index (Phi) is 6.35. The van der Waals surface area contributed by atoms with E-state index in [2.05, 4.69) is 4.90 Å². The molecule has 2 aliphatic heterocycles. The maximum Gasteiger partial charge on any atom is 0.407 e. The van der Waals surface area contributed by atoms with E-state index in [4.69, 9.17) is 11.6 Å². The number of aromatic hydroxyl groups is 1. The van der Waals surface area contributed by atoms with Gasteiger partial charge in [0.25, 0.3) is 0 Å². The fraction of sp³-hybridized carbons (Fsp3) is 0.345. The van der Waals surface area contributed by atoms with Gasteiger partial charge in [-0.1, -0.05) is 35.9 Å². The lowest BCUT2D eigenvalue weighted by molar-refractivity contribution is 0.0748. The van der Waals surface area contributed by atoms with Crippen molar-refractivity contribution in [2.75, 3.05) is 26.7 Å². The number of phenols is 1. The van der Waals surface area contributed by atoms with Gasteiger partial charge < -0.3 is 29.1 Å². The summed E-state index contributed by atoms with van der Waals surface area (Å²) in [6.45, 7) is 2.15. The topological polar surface area (TPSA) is 108 Å². The zero-order valence-electron chi connectivity index (χ0n) is 21.5. The van der Waals surface area contributed by atoms with Crippen molar-refractivity contribution in [3.8, 4) is 16.9 Å². The lowest BCUT2D eigenvalue weighted by atomic mass is 9.97. The fourth-order valence-corrected chi connectivity index (χ4v) is 6.30. The molecule has 0 bridgehead atoms. The van der Waals surface area contributed by atoms with Crippen LogP contribution in [0.3, 0.4) is 0 Å². The van der Waals surface area contributed by atoms with E-state index in [-0.39, 0.29) is 24.3 Å². The first-order valence-electron chi connectivity index (χ1n) is 13.1. The number of nitrogens with zero attached hydrogens (tertiary/aromatic N) is 4. The highest BCUT2D eigenvalue weighted by Gasteiger charge is 2.32. The molecule has 1 amide bonds. The lowest BCUT2D eigenvalue weighted by Gasteiger charge is -2.37. The predicted molar refractivity (Wildman–Crippen MR) is 151 cm³/mol. The average Bonchev–Trinajstić information content (AvgIpc) is 3.28. The molecule has 0 spiro atoms. The summed E-state index contributed by atoms with van der Waals surface area (Å²) < 4.78 is 3.02. The third kappa shape index (κ3) is 4.45. The van der Waals surface area contributed by atoms with Crippen LogP contribution in [0.5, 0.6) is 5.75 Å². The molecule has 2 aliphatic rings. The Bertz CT molecular complexity index is 1740. The van der Waals surface area contributed by atoms with E-state index in [1.54, 1.807) is 22.8 Å². The van der Waals surface area contributed by atoms with Crippen LogP contribution in [0.2, 0.25) is 5.02 Å². The number of phenolic OH excluding ortho intramolecular Hbond substituents is 1. The molecule has 39 heavy (non-hydrogen) atoms. The third-order valence-corrected chi connectivity index (χ3v) is 8.50. The van der Waals surface area contributed by atoms with Crippen molar-refractivity contribution in [2.24, 2.45) is 5.92 Å². The van der Waals surface area contributed by atoms with Gasteiger partial charge in [-0.05, 0) is 67.0 Å². The van der Waals surface area contributed by atoms with Gasteiger partial charge in [0, 0.05) is 43.7 Å². The summed E-state index contributed by atoms with van der Waals surface area (Å²) in [5.74, 6) is 0.0226. The highest BCUT2D eigenvalue weighted by atomic mass is 35.5. The Hall–Kier alpha value is -3.82. The second-order valence-electron chi connectivity index (χ2n) is 10.7. The molecular formula is C29H29ClN4O5. The number of amides is 1. The lowest BCUT2D eigenvalue weighted by Crippen LogP contribution is -2.53. The number of aromatic nitrogens is 2. The first-order chi connectivity index (χ1) is 18.7. The Balaban J connectivity index is 1.56. The van der Waals surface area contributed by atoms with Crippen molar-refractivity contribution in [3.05, 3.63) is 74.3 Å². The van der Waals surface area contributed by atoms with Crippen molar-refractivity contribution in [1.82, 2.24) is 18.9 Å². The number of halogens is 1. The Morgan fingerprint density at radius 3 is 2.36 bits per heavy atom. The molecule has 9 nitrogen and oxygen atoms in total. The number of fused-ring (bicyclic) bond motifs is 2. The number of carboxylic acid groups (broad SMARTS) is 1. The van der Waals surface area contributed by atoms with Gasteiger partial charge in [0.1, 0.15) is 5.75 Å². The maximum absolute atomic E-state index is 13.6. The Morgan fingerprint density at radius 1 is 0.974 bits per heavy atom. The summed E-state index contributed by atoms with van der Waals surface area (Å²) in [4.78, 5) is 41.8. The molecule has 3 aromatic carbocycles. The van der Waals surface area contributed by atoms with Gasteiger partial charge >= 0.3 is 17.2 Å². The molecular weight excluding hydrogens is 520 g/mol. The molecule has 0 saturated carbocycles. The van der Waals surface area contributed by atoms with Crippen LogP contribution in [0.4, 0.5) is 4.79 Å². The van der Waals surface area contributed by atoms with E-state index >= 15 is 0 Å². The molecule has 2 N–H and O–H groups in total. The SMILES string of the molecule is CN1CCCC1Cn1c(=O)c(=O)n(CC2CN(C(=O)O)C2)c2cc(Cl)c(-c3cc(O)cc4ccccc34)cc21. The molecule has 2 fully saturated rings. The normalized spacial score (nSPS) is 18.2. The van der Waals surface area contributed by atoms with Gasteiger partial charge in [-0.25, -0.2) is 4.79 Å². The standard InChI is InChI=1S/C29H29ClN4O5/c1-31-8-4-6-19(31)16-34-25-11-23(22-10-20(35)9-18-5-2-3-7-21(18)22)24(30)12-26(25)33(27(36)28(34)37)15-17-13-32(14-17)29(38)39/h2-3,5,7,9-12,17,19,35H,4,6,8,13-16H2,1H3,(H,38,39). The summed E-state index contributed by atoms with van der Waals surface area (Å²) in [5.41, 5.74) is 1.25. The van der Waals surface area contributed by atoms with E-state index in [1.165, 1.54) is 9.47 Å². The summed E-state index contributed by atoms with van der Waals surface area (Å²) in [6.07, 6.45) is 0.961. The predicted octanol–water partition coefficient (Wildman–Crippen LogP) is 4.05. The number of likely N-dealkylation sites (N-methyl/N-ethyl adjacent to an activating group) is 1. The Morgan fingerprint density at radius 2 is 1.67 bits per heavy atom. The van der Waals surface area contributed by atoms with Gasteiger partial charge in [-0.3, -0.25) is 9.59 Å². The summed E-state index contributed by atoms with van der Waals surface area (Å²) in [7, 11) is 2.03. The van der Waals surface area contributed by atoms with Crippen LogP contribution < -0.4 is 11.1 Å². The van der Waals surface area contributed by atoms with Crippen molar-refractivity contribution in [1.29, 1.82) is 0 Å². The molecule has 202 valence electrons. The molecule has 2 saturated heterocycles. The van der Waals surface area contributed by atoms with Crippen LogP contribution in [0.25, 0.3) is 32.9 Å². The van der Waals surface area contributed by atoms with Crippen molar-refractivity contribution in [3.63, 3.8) is 0 Å². The number of benzene rings is 3. The number of hydrogen-bond acceptors (Lipinski definition) is 5. The molecule has 1 aromatic heterocycles. The first-order valence-corrected chi connectivity index (χ1v) is 13.5. The fourth-order valence-electron chi connectivity index (χ4n) is 6.04. The molecule has 10 heteroatoms. The zero-order valence-corrected chi connectivity index (χ0v) is 22.3. The van der Waals surface area contributed by atoms with Gasteiger partial charge in [0.05, 0.1) is 16.1 Å². The van der Waals surface area contributed by atoms with E-state index in [9.17, 15) is 24.6 Å². The summed E-state index contributed by atoms with van der Waals surface area (Å²) in [5, 5.41) is 21.8. The van der Waals surface area contributed by atoms with E-state index in [0.29, 0.717) is 41.3 Å². The number of likely N-dealkylation sites (tertiary alicyclic amines) is 2. The smallest absolute Gasteiger partial charge is 0.407 e. The average molecular weight is 549 g/mol. The molecule has 3 heterocycles.